The molecule has 0 aliphatic carbocycles. The summed E-state index contributed by atoms with van der Waals surface area (Å²) in [5, 5.41) is 1.98. The summed E-state index contributed by atoms with van der Waals surface area (Å²) in [6.45, 7) is 2.57. The first-order valence-electron chi connectivity index (χ1n) is 9.39. The van der Waals surface area contributed by atoms with Gasteiger partial charge in [0.15, 0.2) is 10.7 Å². The van der Waals surface area contributed by atoms with Crippen LogP contribution in [0.3, 0.4) is 0 Å². The Labute approximate surface area is 165 Å². The number of thiazole rings is 1. The Bertz CT molecular complexity index is 998. The van der Waals surface area contributed by atoms with Gasteiger partial charge in [-0.2, -0.15) is 0 Å². The lowest BCUT2D eigenvalue weighted by atomic mass is 10.0. The molecule has 2 saturated heterocycles. The van der Waals surface area contributed by atoms with Crippen molar-refractivity contribution in [1.29, 1.82) is 0 Å². The van der Waals surface area contributed by atoms with E-state index in [1.54, 1.807) is 12.1 Å². The van der Waals surface area contributed by atoms with Crippen molar-refractivity contribution in [2.45, 2.75) is 25.0 Å². The van der Waals surface area contributed by atoms with Gasteiger partial charge in [-0.15, -0.1) is 11.3 Å². The number of imidazole rings is 1. The minimum absolute atomic E-state index is 0.101. The molecular weight excluding hydrogens is 381 g/mol. The quantitative estimate of drug-likeness (QED) is 0.677. The lowest BCUT2D eigenvalue weighted by Crippen LogP contribution is -2.47. The number of rotatable bonds is 3. The van der Waals surface area contributed by atoms with Crippen LogP contribution in [0.4, 0.5) is 4.39 Å². The Kier molecular flexibility index (Phi) is 4.41. The van der Waals surface area contributed by atoms with Crippen LogP contribution in [-0.4, -0.2) is 52.3 Å². The number of hydrogen-bond acceptors (Lipinski definition) is 5. The van der Waals surface area contributed by atoms with E-state index in [0.717, 1.165) is 34.8 Å². The van der Waals surface area contributed by atoms with Crippen molar-refractivity contribution >= 4 is 22.2 Å². The van der Waals surface area contributed by atoms with Gasteiger partial charge in [0.1, 0.15) is 5.82 Å². The molecule has 0 atom stereocenters. The third-order valence-corrected chi connectivity index (χ3v) is 6.34. The molecular formula is C20H20FN3O3S. The van der Waals surface area contributed by atoms with Crippen LogP contribution in [0.1, 0.15) is 18.5 Å². The molecule has 6 nitrogen and oxygen atoms in total. The van der Waals surface area contributed by atoms with E-state index in [4.69, 9.17) is 9.47 Å². The standard InChI is InChI=1S/C20H20FN3O3S/c21-15-3-1-14(2-4-15)17-12-24-16(13-28-19(24)22-17)11-18(25)23-7-5-20(6-8-23)26-9-10-27-20/h1-4,12-13H,5-11H2. The molecule has 5 rings (SSSR count). The van der Waals surface area contributed by atoms with Crippen molar-refractivity contribution in [2.24, 2.45) is 0 Å². The second-order valence-electron chi connectivity index (χ2n) is 7.18. The van der Waals surface area contributed by atoms with Gasteiger partial charge in [0.05, 0.1) is 25.3 Å². The first kappa shape index (κ1) is 17.8. The van der Waals surface area contributed by atoms with Gasteiger partial charge in [0.25, 0.3) is 0 Å². The van der Waals surface area contributed by atoms with Crippen LogP contribution in [0.15, 0.2) is 35.8 Å². The number of nitrogens with zero attached hydrogens (tertiary/aromatic N) is 3. The molecule has 0 unspecified atom stereocenters. The lowest BCUT2D eigenvalue weighted by Gasteiger charge is -2.37. The number of carbonyl (C=O) groups excluding carboxylic acids is 1. The predicted octanol–water partition coefficient (Wildman–Crippen LogP) is 3.11. The summed E-state index contributed by atoms with van der Waals surface area (Å²) in [6.07, 6.45) is 3.68. The number of ether oxygens (including phenoxy) is 2. The molecule has 3 aromatic rings. The van der Waals surface area contributed by atoms with Gasteiger partial charge in [-0.3, -0.25) is 9.20 Å². The predicted molar refractivity (Wildman–Crippen MR) is 103 cm³/mol. The first-order valence-corrected chi connectivity index (χ1v) is 10.3. The smallest absolute Gasteiger partial charge is 0.228 e. The number of likely N-dealkylation sites (tertiary alicyclic amines) is 1. The van der Waals surface area contributed by atoms with Gasteiger partial charge in [0.2, 0.25) is 5.91 Å². The lowest BCUT2D eigenvalue weighted by molar-refractivity contribution is -0.187. The normalized spacial score (nSPS) is 19.0. The van der Waals surface area contributed by atoms with Crippen LogP contribution in [0, 0.1) is 5.82 Å². The molecule has 2 aliphatic rings. The number of fused-ring (bicyclic) bond motifs is 1. The largest absolute Gasteiger partial charge is 0.347 e. The molecule has 4 heterocycles. The van der Waals surface area contributed by atoms with Gasteiger partial charge < -0.3 is 14.4 Å². The number of halogens is 1. The molecule has 0 bridgehead atoms. The van der Waals surface area contributed by atoms with Crippen LogP contribution >= 0.6 is 11.3 Å². The van der Waals surface area contributed by atoms with E-state index in [1.165, 1.54) is 23.5 Å². The van der Waals surface area contributed by atoms with Crippen LogP contribution in [-0.2, 0) is 20.7 Å². The molecule has 2 aliphatic heterocycles. The summed E-state index contributed by atoms with van der Waals surface area (Å²) in [5.41, 5.74) is 2.54. The highest BCUT2D eigenvalue weighted by Crippen LogP contribution is 2.31. The number of benzene rings is 1. The third-order valence-electron chi connectivity index (χ3n) is 5.45. The summed E-state index contributed by atoms with van der Waals surface area (Å²) in [5.74, 6) is -0.641. The molecule has 8 heteroatoms. The Morgan fingerprint density at radius 1 is 1.18 bits per heavy atom. The van der Waals surface area contributed by atoms with Crippen molar-refractivity contribution in [2.75, 3.05) is 26.3 Å². The summed E-state index contributed by atoms with van der Waals surface area (Å²) >= 11 is 1.50. The maximum absolute atomic E-state index is 13.1. The first-order chi connectivity index (χ1) is 13.6. The SMILES string of the molecule is O=C(Cc1csc2nc(-c3ccc(F)cc3)cn12)N1CCC2(CC1)OCCO2. The van der Waals surface area contributed by atoms with Crippen molar-refractivity contribution in [3.8, 4) is 11.3 Å². The van der Waals surface area contributed by atoms with Crippen LogP contribution < -0.4 is 0 Å². The van der Waals surface area contributed by atoms with E-state index < -0.39 is 5.79 Å². The van der Waals surface area contributed by atoms with E-state index in [2.05, 4.69) is 4.98 Å². The maximum Gasteiger partial charge on any atom is 0.228 e. The van der Waals surface area contributed by atoms with E-state index in [1.807, 2.05) is 20.9 Å². The molecule has 0 saturated carbocycles. The van der Waals surface area contributed by atoms with E-state index in [-0.39, 0.29) is 11.7 Å². The van der Waals surface area contributed by atoms with Crippen molar-refractivity contribution < 1.29 is 18.7 Å². The minimum Gasteiger partial charge on any atom is -0.347 e. The van der Waals surface area contributed by atoms with Gasteiger partial charge >= 0.3 is 0 Å². The molecule has 2 aromatic heterocycles. The molecule has 1 spiro atoms. The highest BCUT2D eigenvalue weighted by molar-refractivity contribution is 7.15. The molecule has 2 fully saturated rings. The minimum atomic E-state index is -0.471. The summed E-state index contributed by atoms with van der Waals surface area (Å²) < 4.78 is 26.6. The fraction of sp³-hybridized carbons (Fsp3) is 0.400. The van der Waals surface area contributed by atoms with Crippen molar-refractivity contribution in [3.05, 3.63) is 47.4 Å². The van der Waals surface area contributed by atoms with Crippen LogP contribution in [0.25, 0.3) is 16.2 Å². The number of aromatic nitrogens is 2. The fourth-order valence-electron chi connectivity index (χ4n) is 3.87. The summed E-state index contributed by atoms with van der Waals surface area (Å²) in [6, 6.07) is 6.27. The van der Waals surface area contributed by atoms with E-state index in [9.17, 15) is 9.18 Å². The maximum atomic E-state index is 13.1. The van der Waals surface area contributed by atoms with Gasteiger partial charge in [-0.05, 0) is 24.3 Å². The van der Waals surface area contributed by atoms with Crippen molar-refractivity contribution in [1.82, 2.24) is 14.3 Å². The summed E-state index contributed by atoms with van der Waals surface area (Å²) in [7, 11) is 0. The second kappa shape index (κ2) is 6.95. The average molecular weight is 401 g/mol. The zero-order valence-electron chi connectivity index (χ0n) is 15.3. The molecule has 1 amide bonds. The Balaban J connectivity index is 1.30. The zero-order chi connectivity index (χ0) is 19.1. The topological polar surface area (TPSA) is 56.1 Å². The highest BCUT2D eigenvalue weighted by Gasteiger charge is 2.40. The van der Waals surface area contributed by atoms with Crippen LogP contribution in [0.2, 0.25) is 0 Å². The van der Waals surface area contributed by atoms with Crippen LogP contribution in [0.5, 0.6) is 0 Å². The Morgan fingerprint density at radius 3 is 2.61 bits per heavy atom. The number of amides is 1. The second-order valence-corrected chi connectivity index (χ2v) is 8.01. The average Bonchev–Trinajstić information content (AvgIpc) is 3.41. The molecule has 1 aromatic carbocycles. The highest BCUT2D eigenvalue weighted by atomic mass is 32.1. The number of carbonyl (C=O) groups is 1. The number of piperidine rings is 1. The molecule has 0 radical (unpaired) electrons. The van der Waals surface area contributed by atoms with E-state index in [0.29, 0.717) is 32.7 Å². The monoisotopic (exact) mass is 401 g/mol. The van der Waals surface area contributed by atoms with Gasteiger partial charge in [-0.25, -0.2) is 9.37 Å². The fourth-order valence-corrected chi connectivity index (χ4v) is 4.74. The zero-order valence-corrected chi connectivity index (χ0v) is 16.1. The van der Waals surface area contributed by atoms with Gasteiger partial charge in [0, 0.05) is 48.8 Å². The molecule has 146 valence electrons. The molecule has 28 heavy (non-hydrogen) atoms. The van der Waals surface area contributed by atoms with Crippen molar-refractivity contribution in [3.63, 3.8) is 0 Å². The Hall–Kier alpha value is -2.29. The summed E-state index contributed by atoms with van der Waals surface area (Å²) in [4.78, 5) is 20.1. The Morgan fingerprint density at radius 2 is 1.89 bits per heavy atom. The molecule has 0 N–H and O–H groups in total. The number of hydrogen-bond donors (Lipinski definition) is 0. The third kappa shape index (κ3) is 3.21. The van der Waals surface area contributed by atoms with Gasteiger partial charge in [-0.1, -0.05) is 0 Å². The van der Waals surface area contributed by atoms with E-state index >= 15 is 0 Å².